The molecule has 0 aliphatic rings. The Bertz CT molecular complexity index is 858. The molecule has 0 radical (unpaired) electrons. The van der Waals surface area contributed by atoms with Gasteiger partial charge in [-0.25, -0.2) is 8.42 Å². The van der Waals surface area contributed by atoms with Crippen molar-refractivity contribution in [3.8, 4) is 0 Å². The molecule has 0 heterocycles. The van der Waals surface area contributed by atoms with Crippen LogP contribution in [0.5, 0.6) is 0 Å². The van der Waals surface area contributed by atoms with Crippen molar-refractivity contribution in [2.45, 2.75) is 57.5 Å². The second-order valence-electron chi connectivity index (χ2n) is 7.93. The highest BCUT2D eigenvalue weighted by molar-refractivity contribution is 7.89. The molecular weight excluding hydrogens is 410 g/mol. The molecule has 0 fully saturated rings. The molecule has 0 aliphatic heterocycles. The Hall–Kier alpha value is -2.34. The smallest absolute Gasteiger partial charge is 0.245 e. The van der Waals surface area contributed by atoms with Crippen LogP contribution >= 0.6 is 0 Å². The van der Waals surface area contributed by atoms with E-state index in [2.05, 4.69) is 20.9 Å². The van der Waals surface area contributed by atoms with Gasteiger partial charge >= 0.3 is 0 Å². The molecule has 0 atom stereocenters. The molecule has 0 spiro atoms. The summed E-state index contributed by atoms with van der Waals surface area (Å²) in [7, 11) is -3.95. The summed E-state index contributed by atoms with van der Waals surface area (Å²) in [6, 6.07) is 5.59. The summed E-state index contributed by atoms with van der Waals surface area (Å²) in [5, 5.41) is 30.6. The number of hydrogen-bond donors (Lipinski definition) is 4. The van der Waals surface area contributed by atoms with Crippen molar-refractivity contribution in [1.29, 1.82) is 0 Å². The van der Waals surface area contributed by atoms with Gasteiger partial charge in [-0.05, 0) is 53.7 Å². The van der Waals surface area contributed by atoms with E-state index in [0.717, 1.165) is 0 Å². The highest BCUT2D eigenvalue weighted by atomic mass is 32.2. The predicted molar refractivity (Wildman–Crippen MR) is 115 cm³/mol. The Kier molecular flexibility index (Phi) is 8.66. The SMILES string of the molecule is C/C(=N/O)C(C)(C)NCN(CNC(C)(C)/C(C)=N/O)S(=O)(=O)c1ccc(C=O)cc1. The van der Waals surface area contributed by atoms with E-state index in [1.165, 1.54) is 28.6 Å². The Balaban J connectivity index is 3.22. The number of rotatable bonds is 11. The first kappa shape index (κ1) is 25.7. The highest BCUT2D eigenvalue weighted by Gasteiger charge is 2.31. The maximum absolute atomic E-state index is 13.2. The molecule has 1 rings (SSSR count). The van der Waals surface area contributed by atoms with E-state index in [0.29, 0.717) is 23.3 Å². The molecule has 10 nitrogen and oxygen atoms in total. The van der Waals surface area contributed by atoms with Gasteiger partial charge in [0.15, 0.2) is 0 Å². The fraction of sp³-hybridized carbons (Fsp3) is 0.526. The fourth-order valence-corrected chi connectivity index (χ4v) is 3.42. The third-order valence-electron chi connectivity index (χ3n) is 5.16. The zero-order valence-corrected chi connectivity index (χ0v) is 19.0. The fourth-order valence-electron chi connectivity index (χ4n) is 2.17. The Morgan fingerprint density at radius 3 is 1.70 bits per heavy atom. The van der Waals surface area contributed by atoms with Gasteiger partial charge in [0.1, 0.15) is 6.29 Å². The van der Waals surface area contributed by atoms with Crippen LogP contribution in [0.3, 0.4) is 0 Å². The van der Waals surface area contributed by atoms with Gasteiger partial charge in [0.2, 0.25) is 10.0 Å². The number of nitrogens with one attached hydrogen (secondary N) is 2. The average Bonchev–Trinajstić information content (AvgIpc) is 2.71. The normalized spacial score (nSPS) is 14.2. The quantitative estimate of drug-likeness (QED) is 0.135. The monoisotopic (exact) mass is 441 g/mol. The summed E-state index contributed by atoms with van der Waals surface area (Å²) in [5.41, 5.74) is -0.425. The molecule has 0 aliphatic carbocycles. The van der Waals surface area contributed by atoms with E-state index in [9.17, 15) is 13.2 Å². The molecule has 11 heteroatoms. The lowest BCUT2D eigenvalue weighted by Crippen LogP contribution is -2.56. The van der Waals surface area contributed by atoms with Gasteiger partial charge in [-0.3, -0.25) is 15.4 Å². The van der Waals surface area contributed by atoms with Gasteiger partial charge < -0.3 is 10.4 Å². The van der Waals surface area contributed by atoms with E-state index < -0.39 is 21.1 Å². The Labute approximate surface area is 177 Å². The summed E-state index contributed by atoms with van der Waals surface area (Å²) in [6.45, 7) is 10.1. The van der Waals surface area contributed by atoms with Crippen molar-refractivity contribution in [3.63, 3.8) is 0 Å². The lowest BCUT2D eigenvalue weighted by Gasteiger charge is -2.33. The predicted octanol–water partition coefficient (Wildman–Crippen LogP) is 1.84. The van der Waals surface area contributed by atoms with Crippen LogP contribution in [0.25, 0.3) is 0 Å². The summed E-state index contributed by atoms with van der Waals surface area (Å²) >= 11 is 0. The van der Waals surface area contributed by atoms with E-state index in [4.69, 9.17) is 10.4 Å². The molecular formula is C19H31N5O5S. The zero-order valence-electron chi connectivity index (χ0n) is 18.2. The zero-order chi connectivity index (χ0) is 23.2. The van der Waals surface area contributed by atoms with Crippen molar-refractivity contribution in [3.05, 3.63) is 29.8 Å². The van der Waals surface area contributed by atoms with Gasteiger partial charge in [-0.1, -0.05) is 22.4 Å². The third-order valence-corrected chi connectivity index (χ3v) is 6.96. The first-order valence-corrected chi connectivity index (χ1v) is 10.7. The molecule has 1 aromatic carbocycles. The molecule has 168 valence electrons. The lowest BCUT2D eigenvalue weighted by atomic mass is 10.00. The highest BCUT2D eigenvalue weighted by Crippen LogP contribution is 2.17. The van der Waals surface area contributed by atoms with Gasteiger partial charge in [0, 0.05) is 5.56 Å². The number of benzene rings is 1. The number of sulfonamides is 1. The minimum atomic E-state index is -3.95. The van der Waals surface area contributed by atoms with Gasteiger partial charge in [-0.15, -0.1) is 0 Å². The Morgan fingerprint density at radius 2 is 1.37 bits per heavy atom. The number of aldehydes is 1. The van der Waals surface area contributed by atoms with Crippen LogP contribution in [-0.2, 0) is 10.0 Å². The summed E-state index contributed by atoms with van der Waals surface area (Å²) in [4.78, 5) is 10.9. The van der Waals surface area contributed by atoms with Crippen LogP contribution in [0, 0.1) is 0 Å². The minimum Gasteiger partial charge on any atom is -0.411 e. The van der Waals surface area contributed by atoms with Gasteiger partial charge in [0.25, 0.3) is 0 Å². The van der Waals surface area contributed by atoms with E-state index in [1.54, 1.807) is 41.5 Å². The molecule has 0 aromatic heterocycles. The standard InChI is InChI=1S/C19H31N5O5S/c1-14(22-26)18(3,4)20-12-24(13-21-19(5,6)15(2)23-27)30(28,29)17-9-7-16(11-25)8-10-17/h7-11,20-21,26-27H,12-13H2,1-6H3/b22-14-,23-15+. The van der Waals surface area contributed by atoms with Crippen LogP contribution in [0.2, 0.25) is 0 Å². The Morgan fingerprint density at radius 1 is 0.967 bits per heavy atom. The number of hydrogen-bond acceptors (Lipinski definition) is 9. The summed E-state index contributed by atoms with van der Waals surface area (Å²) < 4.78 is 27.7. The van der Waals surface area contributed by atoms with Gasteiger partial charge in [0.05, 0.1) is 40.7 Å². The number of oxime groups is 2. The van der Waals surface area contributed by atoms with Crippen molar-refractivity contribution < 1.29 is 23.6 Å². The van der Waals surface area contributed by atoms with Crippen LogP contribution < -0.4 is 10.6 Å². The maximum atomic E-state index is 13.2. The third kappa shape index (κ3) is 6.33. The van der Waals surface area contributed by atoms with Gasteiger partial charge in [-0.2, -0.15) is 4.31 Å². The second-order valence-corrected chi connectivity index (χ2v) is 9.87. The van der Waals surface area contributed by atoms with Crippen molar-refractivity contribution >= 4 is 27.7 Å². The van der Waals surface area contributed by atoms with Crippen LogP contribution in [0.15, 0.2) is 39.5 Å². The molecule has 4 N–H and O–H groups in total. The molecule has 0 saturated heterocycles. The number of carbonyl (C=O) groups excluding carboxylic acids is 1. The van der Waals surface area contributed by atoms with Crippen molar-refractivity contribution in [1.82, 2.24) is 14.9 Å². The first-order valence-electron chi connectivity index (χ1n) is 9.25. The topological polar surface area (TPSA) is 144 Å². The minimum absolute atomic E-state index is 0.0207. The molecule has 30 heavy (non-hydrogen) atoms. The molecule has 0 bridgehead atoms. The molecule has 0 unspecified atom stereocenters. The molecule has 1 aromatic rings. The van der Waals surface area contributed by atoms with Crippen LogP contribution in [0.1, 0.15) is 51.9 Å². The van der Waals surface area contributed by atoms with E-state index >= 15 is 0 Å². The maximum Gasteiger partial charge on any atom is 0.245 e. The largest absolute Gasteiger partial charge is 0.411 e. The van der Waals surface area contributed by atoms with E-state index in [1.807, 2.05) is 0 Å². The lowest BCUT2D eigenvalue weighted by molar-refractivity contribution is 0.112. The van der Waals surface area contributed by atoms with Crippen LogP contribution in [0.4, 0.5) is 0 Å². The van der Waals surface area contributed by atoms with Crippen molar-refractivity contribution in [2.75, 3.05) is 13.3 Å². The first-order chi connectivity index (χ1) is 13.8. The van der Waals surface area contributed by atoms with E-state index in [-0.39, 0.29) is 18.2 Å². The average molecular weight is 442 g/mol. The summed E-state index contributed by atoms with van der Waals surface area (Å²) in [6.07, 6.45) is 0.635. The summed E-state index contributed by atoms with van der Waals surface area (Å²) in [5.74, 6) is 0. The second kappa shape index (κ2) is 10.1. The molecule has 0 amide bonds. The number of nitrogens with zero attached hydrogens (tertiary/aromatic N) is 3. The van der Waals surface area contributed by atoms with Crippen LogP contribution in [-0.4, -0.2) is 65.3 Å². The number of carbonyl (C=O) groups is 1. The van der Waals surface area contributed by atoms with Crippen molar-refractivity contribution in [2.24, 2.45) is 10.3 Å². The molecule has 0 saturated carbocycles.